The number of carbonyl (C=O) groups is 1. The third-order valence-corrected chi connectivity index (χ3v) is 5.67. The second-order valence-electron chi connectivity index (χ2n) is 5.59. The topological polar surface area (TPSA) is 88.2 Å². The van der Waals surface area contributed by atoms with Crippen LogP contribution in [-0.2, 0) is 14.8 Å². The van der Waals surface area contributed by atoms with Gasteiger partial charge in [0.25, 0.3) is 0 Å². The molecule has 1 atom stereocenters. The molecule has 1 unspecified atom stereocenters. The number of hydrogen-bond donors (Lipinski definition) is 2. The highest BCUT2D eigenvalue weighted by Gasteiger charge is 2.27. The van der Waals surface area contributed by atoms with E-state index in [1.165, 1.54) is 23.9 Å². The molecule has 2 aromatic rings. The lowest BCUT2D eigenvalue weighted by atomic mass is 10.2. The van der Waals surface area contributed by atoms with Crippen molar-refractivity contribution in [2.24, 2.45) is 0 Å². The monoisotopic (exact) mass is 397 g/mol. The molecule has 1 amide bonds. The van der Waals surface area contributed by atoms with Crippen LogP contribution in [0.1, 0.15) is 12.0 Å². The highest BCUT2D eigenvalue weighted by molar-refractivity contribution is 7.98. The molecule has 0 radical (unpaired) electrons. The number of nitrogens with one attached hydrogen (secondary N) is 2. The summed E-state index contributed by atoms with van der Waals surface area (Å²) in [5, 5.41) is 2.60. The van der Waals surface area contributed by atoms with Crippen LogP contribution in [0.3, 0.4) is 0 Å². The number of pyridine rings is 1. The number of halogens is 1. The van der Waals surface area contributed by atoms with Gasteiger partial charge in [0.05, 0.1) is 0 Å². The van der Waals surface area contributed by atoms with Crippen LogP contribution in [0.4, 0.5) is 10.2 Å². The molecule has 0 aliphatic carbocycles. The number of sulfonamides is 1. The summed E-state index contributed by atoms with van der Waals surface area (Å²) in [6, 6.07) is 7.44. The van der Waals surface area contributed by atoms with Crippen molar-refractivity contribution in [2.75, 3.05) is 17.3 Å². The van der Waals surface area contributed by atoms with Gasteiger partial charge in [-0.05, 0) is 55.2 Å². The summed E-state index contributed by atoms with van der Waals surface area (Å²) < 4.78 is 41.1. The zero-order valence-electron chi connectivity index (χ0n) is 14.4. The van der Waals surface area contributed by atoms with E-state index >= 15 is 0 Å². The van der Waals surface area contributed by atoms with Crippen molar-refractivity contribution in [2.45, 2.75) is 24.3 Å². The number of thioether (sulfide) groups is 1. The van der Waals surface area contributed by atoms with Crippen LogP contribution in [0, 0.1) is 12.7 Å². The number of aryl methyl sites for hydroxylation is 1. The summed E-state index contributed by atoms with van der Waals surface area (Å²) >= 11 is 1.48. The van der Waals surface area contributed by atoms with Crippen LogP contribution in [0.2, 0.25) is 0 Å². The molecule has 1 aromatic carbocycles. The molecule has 0 fully saturated rings. The van der Waals surface area contributed by atoms with Gasteiger partial charge in [-0.25, -0.2) is 17.8 Å². The van der Waals surface area contributed by atoms with Crippen molar-refractivity contribution >= 4 is 33.5 Å². The standard InChI is InChI=1S/C17H20FN3O3S2/c1-12-7-9-19-16(11-12)20-17(22)14(8-10-25-2)21-26(23,24)15-6-4-3-5-13(15)18/h3-7,9,11,14,21H,8,10H2,1-2H3,(H,19,20,22). The lowest BCUT2D eigenvalue weighted by Gasteiger charge is -2.18. The predicted molar refractivity (Wildman–Crippen MR) is 101 cm³/mol. The Bertz CT molecular complexity index is 875. The minimum atomic E-state index is -4.18. The van der Waals surface area contributed by atoms with Crippen LogP contribution in [-0.4, -0.2) is 37.4 Å². The Balaban J connectivity index is 2.21. The summed E-state index contributed by atoms with van der Waals surface area (Å²) in [5.74, 6) is -0.533. The van der Waals surface area contributed by atoms with Gasteiger partial charge in [0.15, 0.2) is 0 Å². The minimum Gasteiger partial charge on any atom is -0.309 e. The summed E-state index contributed by atoms with van der Waals surface area (Å²) in [7, 11) is -4.18. The fourth-order valence-electron chi connectivity index (χ4n) is 2.21. The van der Waals surface area contributed by atoms with E-state index in [-0.39, 0.29) is 6.42 Å². The molecule has 0 bridgehead atoms. The second-order valence-corrected chi connectivity index (χ2v) is 8.26. The highest BCUT2D eigenvalue weighted by Crippen LogP contribution is 2.15. The molecule has 0 saturated heterocycles. The van der Waals surface area contributed by atoms with E-state index in [4.69, 9.17) is 0 Å². The van der Waals surface area contributed by atoms with E-state index in [0.717, 1.165) is 17.7 Å². The van der Waals surface area contributed by atoms with E-state index < -0.39 is 32.7 Å². The lowest BCUT2D eigenvalue weighted by Crippen LogP contribution is -2.44. The largest absolute Gasteiger partial charge is 0.309 e. The van der Waals surface area contributed by atoms with Crippen LogP contribution in [0.15, 0.2) is 47.5 Å². The first kappa shape index (κ1) is 20.3. The van der Waals surface area contributed by atoms with E-state index in [1.54, 1.807) is 18.3 Å². The number of hydrogen-bond acceptors (Lipinski definition) is 5. The smallest absolute Gasteiger partial charge is 0.244 e. The molecule has 1 heterocycles. The quantitative estimate of drug-likeness (QED) is 0.715. The molecule has 9 heteroatoms. The van der Waals surface area contributed by atoms with Gasteiger partial charge in [-0.3, -0.25) is 4.79 Å². The zero-order chi connectivity index (χ0) is 19.2. The van der Waals surface area contributed by atoms with Gasteiger partial charge >= 0.3 is 0 Å². The van der Waals surface area contributed by atoms with E-state index in [2.05, 4.69) is 15.0 Å². The maximum Gasteiger partial charge on any atom is 0.244 e. The number of carbonyl (C=O) groups excluding carboxylic acids is 1. The van der Waals surface area contributed by atoms with Crippen molar-refractivity contribution in [1.82, 2.24) is 9.71 Å². The molecule has 2 rings (SSSR count). The Morgan fingerprint density at radius 3 is 2.69 bits per heavy atom. The van der Waals surface area contributed by atoms with Gasteiger partial charge in [0.2, 0.25) is 15.9 Å². The normalized spacial score (nSPS) is 12.6. The number of rotatable bonds is 8. The number of anilines is 1. The molecule has 0 aliphatic rings. The average molecular weight is 397 g/mol. The number of amides is 1. The molecule has 0 spiro atoms. The van der Waals surface area contributed by atoms with E-state index in [0.29, 0.717) is 11.6 Å². The molecule has 26 heavy (non-hydrogen) atoms. The first-order valence-corrected chi connectivity index (χ1v) is 10.7. The summed E-state index contributed by atoms with van der Waals surface area (Å²) in [5.41, 5.74) is 0.905. The van der Waals surface area contributed by atoms with Crippen molar-refractivity contribution in [3.63, 3.8) is 0 Å². The van der Waals surface area contributed by atoms with Gasteiger partial charge < -0.3 is 5.32 Å². The molecule has 2 N–H and O–H groups in total. The fraction of sp³-hybridized carbons (Fsp3) is 0.294. The van der Waals surface area contributed by atoms with Crippen molar-refractivity contribution in [3.05, 3.63) is 54.0 Å². The SMILES string of the molecule is CSCCC(NS(=O)(=O)c1ccccc1F)C(=O)Nc1cc(C)ccn1. The second kappa shape index (κ2) is 9.11. The molecular weight excluding hydrogens is 377 g/mol. The van der Waals surface area contributed by atoms with Crippen LogP contribution in [0.5, 0.6) is 0 Å². The van der Waals surface area contributed by atoms with Crippen LogP contribution in [0.25, 0.3) is 0 Å². The highest BCUT2D eigenvalue weighted by atomic mass is 32.2. The van der Waals surface area contributed by atoms with Crippen molar-refractivity contribution < 1.29 is 17.6 Å². The Kier molecular flexibility index (Phi) is 7.13. The fourth-order valence-corrected chi connectivity index (χ4v) is 3.99. The molecule has 0 aliphatic heterocycles. The number of nitrogens with zero attached hydrogens (tertiary/aromatic N) is 1. The van der Waals surface area contributed by atoms with Gasteiger partial charge in [-0.15, -0.1) is 0 Å². The summed E-state index contributed by atoms with van der Waals surface area (Å²) in [6.07, 6.45) is 3.65. The molecule has 140 valence electrons. The van der Waals surface area contributed by atoms with Crippen LogP contribution >= 0.6 is 11.8 Å². The van der Waals surface area contributed by atoms with Gasteiger partial charge in [-0.2, -0.15) is 16.5 Å². The van der Waals surface area contributed by atoms with E-state index in [9.17, 15) is 17.6 Å². The third-order valence-electron chi connectivity index (χ3n) is 3.52. The molecule has 6 nitrogen and oxygen atoms in total. The van der Waals surface area contributed by atoms with E-state index in [1.807, 2.05) is 13.2 Å². The lowest BCUT2D eigenvalue weighted by molar-refractivity contribution is -0.117. The molecular formula is C17H20FN3O3S2. The molecule has 0 saturated carbocycles. The number of benzene rings is 1. The molecule has 1 aromatic heterocycles. The first-order chi connectivity index (χ1) is 12.3. The zero-order valence-corrected chi connectivity index (χ0v) is 16.0. The predicted octanol–water partition coefficient (Wildman–Crippen LogP) is 2.57. The maximum atomic E-state index is 13.8. The summed E-state index contributed by atoms with van der Waals surface area (Å²) in [6.45, 7) is 1.85. The van der Waals surface area contributed by atoms with Gasteiger partial charge in [0, 0.05) is 6.20 Å². The van der Waals surface area contributed by atoms with Gasteiger partial charge in [-0.1, -0.05) is 12.1 Å². The average Bonchev–Trinajstić information content (AvgIpc) is 2.58. The number of aromatic nitrogens is 1. The van der Waals surface area contributed by atoms with Crippen molar-refractivity contribution in [3.8, 4) is 0 Å². The maximum absolute atomic E-state index is 13.8. The summed E-state index contributed by atoms with van der Waals surface area (Å²) in [4.78, 5) is 16.1. The third kappa shape index (κ3) is 5.52. The van der Waals surface area contributed by atoms with Gasteiger partial charge in [0.1, 0.15) is 22.6 Å². The Hall–Kier alpha value is -1.97. The first-order valence-electron chi connectivity index (χ1n) is 7.83. The Labute approximate surface area is 156 Å². The Morgan fingerprint density at radius 2 is 2.04 bits per heavy atom. The Morgan fingerprint density at radius 1 is 1.31 bits per heavy atom. The van der Waals surface area contributed by atoms with Crippen LogP contribution < -0.4 is 10.0 Å². The minimum absolute atomic E-state index is 0.256. The van der Waals surface area contributed by atoms with Crippen molar-refractivity contribution in [1.29, 1.82) is 0 Å².